The molecule has 1 aliphatic heterocycles. The van der Waals surface area contributed by atoms with Crippen molar-refractivity contribution < 1.29 is 35.8 Å². The number of hydrogen-bond acceptors (Lipinski definition) is 8. The monoisotopic (exact) mass is 433 g/mol. The molecule has 0 saturated carbocycles. The van der Waals surface area contributed by atoms with Gasteiger partial charge in [-0.3, -0.25) is 23.2 Å². The predicted octanol–water partition coefficient (Wildman–Crippen LogP) is 2.63. The minimum atomic E-state index is -4.11. The molecule has 156 valence electrons. The number of carbonyl (C=O) groups is 2. The van der Waals surface area contributed by atoms with Gasteiger partial charge in [0.2, 0.25) is 0 Å². The molecule has 0 unspecified atom stereocenters. The molecule has 1 aromatic rings. The molecular formula is C17H24NO8PS. The smallest absolute Gasteiger partial charge is 0.308 e. The average Bonchev–Trinajstić information content (AvgIpc) is 2.86. The molecule has 1 heterocycles. The van der Waals surface area contributed by atoms with Crippen molar-refractivity contribution in [3.8, 4) is 0 Å². The van der Waals surface area contributed by atoms with Crippen LogP contribution in [0.5, 0.6) is 0 Å². The Hall–Kier alpha value is -1.58. The van der Waals surface area contributed by atoms with Crippen molar-refractivity contribution in [2.45, 2.75) is 26.7 Å². The summed E-state index contributed by atoms with van der Waals surface area (Å²) in [4.78, 5) is 25.6. The van der Waals surface area contributed by atoms with Gasteiger partial charge in [0, 0.05) is 6.54 Å². The minimum absolute atomic E-state index is 0.0487. The summed E-state index contributed by atoms with van der Waals surface area (Å²) in [5.74, 6) is -0.716. The molecule has 2 rings (SSSR count). The number of nitrogens with zero attached hydrogens (tertiary/aromatic N) is 1. The summed E-state index contributed by atoms with van der Waals surface area (Å²) in [5, 5.41) is 0. The fraction of sp³-hybridized carbons (Fsp3) is 0.529. The van der Waals surface area contributed by atoms with Crippen LogP contribution in [0.15, 0.2) is 24.3 Å². The Labute approximate surface area is 164 Å². The Morgan fingerprint density at radius 1 is 0.964 bits per heavy atom. The molecule has 0 bridgehead atoms. The van der Waals surface area contributed by atoms with Crippen molar-refractivity contribution in [1.82, 2.24) is 4.90 Å². The van der Waals surface area contributed by atoms with Crippen LogP contribution in [0.25, 0.3) is 0 Å². The van der Waals surface area contributed by atoms with Crippen LogP contribution in [0.2, 0.25) is 0 Å². The van der Waals surface area contributed by atoms with E-state index < -0.39 is 23.2 Å². The summed E-state index contributed by atoms with van der Waals surface area (Å²) in [7, 11) is -7.88. The molecule has 0 spiro atoms. The molecule has 28 heavy (non-hydrogen) atoms. The molecule has 2 amide bonds. The van der Waals surface area contributed by atoms with Crippen LogP contribution in [-0.4, -0.2) is 57.0 Å². The molecule has 0 atom stereocenters. The van der Waals surface area contributed by atoms with E-state index in [-0.39, 0.29) is 38.2 Å². The summed E-state index contributed by atoms with van der Waals surface area (Å²) < 4.78 is 51.0. The van der Waals surface area contributed by atoms with E-state index in [4.69, 9.17) is 13.2 Å². The van der Waals surface area contributed by atoms with E-state index in [1.165, 1.54) is 0 Å². The van der Waals surface area contributed by atoms with Gasteiger partial charge in [0.25, 0.3) is 21.9 Å². The highest BCUT2D eigenvalue weighted by Gasteiger charge is 2.35. The topological polar surface area (TPSA) is 116 Å². The van der Waals surface area contributed by atoms with E-state index in [1.54, 1.807) is 38.1 Å². The summed E-state index contributed by atoms with van der Waals surface area (Å²) in [6, 6.07) is 6.57. The molecule has 1 aliphatic rings. The molecular weight excluding hydrogens is 409 g/mol. The summed E-state index contributed by atoms with van der Waals surface area (Å²) in [6.07, 6.45) is 0.662. The molecule has 0 fully saturated rings. The highest BCUT2D eigenvalue weighted by atomic mass is 32.2. The zero-order valence-electron chi connectivity index (χ0n) is 15.8. The van der Waals surface area contributed by atoms with Gasteiger partial charge in [-0.1, -0.05) is 12.1 Å². The van der Waals surface area contributed by atoms with E-state index in [9.17, 15) is 22.6 Å². The highest BCUT2D eigenvalue weighted by Crippen LogP contribution is 2.49. The molecule has 0 aromatic heterocycles. The first-order valence-electron chi connectivity index (χ1n) is 8.93. The van der Waals surface area contributed by atoms with Gasteiger partial charge >= 0.3 is 7.60 Å². The van der Waals surface area contributed by atoms with Crippen molar-refractivity contribution in [1.29, 1.82) is 0 Å². The highest BCUT2D eigenvalue weighted by molar-refractivity contribution is 7.93. The SMILES string of the molecule is CCOP(=O)(CS(=O)(=O)OCCCCN1C(=O)c2ccccc2C1=O)OCC. The fourth-order valence-electron chi connectivity index (χ4n) is 2.74. The molecule has 0 radical (unpaired) electrons. The normalized spacial score (nSPS) is 14.6. The Balaban J connectivity index is 1.79. The van der Waals surface area contributed by atoms with Crippen molar-refractivity contribution in [2.75, 3.05) is 31.9 Å². The van der Waals surface area contributed by atoms with Crippen LogP contribution in [0, 0.1) is 0 Å². The van der Waals surface area contributed by atoms with Gasteiger partial charge in [-0.2, -0.15) is 8.42 Å². The Kier molecular flexibility index (Phi) is 7.91. The first-order chi connectivity index (χ1) is 13.2. The number of hydrogen-bond donors (Lipinski definition) is 0. The number of amides is 2. The zero-order valence-corrected chi connectivity index (χ0v) is 17.5. The predicted molar refractivity (Wildman–Crippen MR) is 102 cm³/mol. The van der Waals surface area contributed by atoms with Gasteiger partial charge in [-0.25, -0.2) is 0 Å². The molecule has 0 saturated heterocycles. The van der Waals surface area contributed by atoms with Gasteiger partial charge in [0.15, 0.2) is 5.49 Å². The second-order valence-electron chi connectivity index (χ2n) is 5.97. The first-order valence-corrected chi connectivity index (χ1v) is 12.2. The zero-order chi connectivity index (χ0) is 20.8. The van der Waals surface area contributed by atoms with Gasteiger partial charge in [0.1, 0.15) is 0 Å². The summed E-state index contributed by atoms with van der Waals surface area (Å²) in [6.45, 7) is 3.26. The molecule has 1 aromatic carbocycles. The molecule has 0 aliphatic carbocycles. The van der Waals surface area contributed by atoms with E-state index >= 15 is 0 Å². The summed E-state index contributed by atoms with van der Waals surface area (Å²) in [5.41, 5.74) is -0.122. The second kappa shape index (κ2) is 9.76. The van der Waals surface area contributed by atoms with Crippen LogP contribution in [0.1, 0.15) is 47.4 Å². The lowest BCUT2D eigenvalue weighted by Gasteiger charge is -2.17. The fourth-order valence-corrected chi connectivity index (χ4v) is 6.41. The Morgan fingerprint density at radius 3 is 2.00 bits per heavy atom. The maximum Gasteiger partial charge on any atom is 0.348 e. The largest absolute Gasteiger partial charge is 0.348 e. The van der Waals surface area contributed by atoms with Crippen LogP contribution in [0.4, 0.5) is 0 Å². The third kappa shape index (κ3) is 5.71. The van der Waals surface area contributed by atoms with Gasteiger partial charge in [0.05, 0.1) is 30.9 Å². The first kappa shape index (κ1) is 22.7. The van der Waals surface area contributed by atoms with Crippen LogP contribution >= 0.6 is 7.60 Å². The lowest BCUT2D eigenvalue weighted by Crippen LogP contribution is -2.30. The third-order valence-electron chi connectivity index (χ3n) is 3.88. The number of imide groups is 1. The lowest BCUT2D eigenvalue weighted by atomic mass is 10.1. The van der Waals surface area contributed by atoms with E-state index in [0.717, 1.165) is 4.90 Å². The second-order valence-corrected chi connectivity index (χ2v) is 10.1. The van der Waals surface area contributed by atoms with Crippen LogP contribution in [0.3, 0.4) is 0 Å². The number of unbranched alkanes of at least 4 members (excludes halogenated alkanes) is 1. The van der Waals surface area contributed by atoms with E-state index in [2.05, 4.69) is 0 Å². The Bertz CT molecular complexity index is 825. The minimum Gasteiger partial charge on any atom is -0.308 e. The standard InChI is InChI=1S/C17H24NO8PS/c1-3-24-27(21,25-4-2)13-28(22,23)26-12-8-7-11-18-16(19)14-9-5-6-10-15(14)17(18)20/h5-6,9-10H,3-4,7-8,11-13H2,1-2H3. The molecule has 9 nitrogen and oxygen atoms in total. The van der Waals surface area contributed by atoms with Crippen molar-refractivity contribution in [2.24, 2.45) is 0 Å². The number of carbonyl (C=O) groups excluding carboxylic acids is 2. The average molecular weight is 433 g/mol. The number of fused-ring (bicyclic) bond motifs is 1. The number of benzene rings is 1. The van der Waals surface area contributed by atoms with Crippen molar-refractivity contribution in [3.63, 3.8) is 0 Å². The van der Waals surface area contributed by atoms with E-state index in [0.29, 0.717) is 24.0 Å². The van der Waals surface area contributed by atoms with Gasteiger partial charge in [-0.15, -0.1) is 0 Å². The van der Waals surface area contributed by atoms with Gasteiger partial charge < -0.3 is 9.05 Å². The molecule has 11 heteroatoms. The van der Waals surface area contributed by atoms with Crippen molar-refractivity contribution in [3.05, 3.63) is 35.4 Å². The van der Waals surface area contributed by atoms with E-state index in [1.807, 2.05) is 0 Å². The lowest BCUT2D eigenvalue weighted by molar-refractivity contribution is 0.0649. The maximum absolute atomic E-state index is 12.3. The summed E-state index contributed by atoms with van der Waals surface area (Å²) >= 11 is 0. The maximum atomic E-state index is 12.3. The quantitative estimate of drug-likeness (QED) is 0.214. The molecule has 0 N–H and O–H groups in total. The van der Waals surface area contributed by atoms with Crippen LogP contribution in [-0.2, 0) is 27.9 Å². The third-order valence-corrected chi connectivity index (χ3v) is 8.24. The Morgan fingerprint density at radius 2 is 1.50 bits per heavy atom. The van der Waals surface area contributed by atoms with Crippen LogP contribution < -0.4 is 0 Å². The van der Waals surface area contributed by atoms with Crippen molar-refractivity contribution >= 4 is 29.5 Å². The van der Waals surface area contributed by atoms with Gasteiger partial charge in [-0.05, 0) is 38.8 Å². The number of rotatable bonds is 12.